The molecule has 28 heavy (non-hydrogen) atoms. The molecule has 3 heteroatoms. The Balaban J connectivity index is 1.72. The quantitative estimate of drug-likeness (QED) is 0.424. The minimum atomic E-state index is -0.232. The summed E-state index contributed by atoms with van der Waals surface area (Å²) in [5.41, 5.74) is 5.50. The van der Waals surface area contributed by atoms with Crippen molar-refractivity contribution in [2.24, 2.45) is 0 Å². The molecule has 4 aromatic rings. The first-order chi connectivity index (χ1) is 13.8. The fraction of sp³-hybridized carbons (Fsp3) is 0.0800. The van der Waals surface area contributed by atoms with E-state index < -0.39 is 0 Å². The molecule has 0 saturated heterocycles. The van der Waals surface area contributed by atoms with E-state index >= 15 is 0 Å². The minimum Gasteiger partial charge on any atom is -0.326 e. The van der Waals surface area contributed by atoms with Gasteiger partial charge in [0.2, 0.25) is 0 Å². The fourth-order valence-electron chi connectivity index (χ4n) is 3.28. The van der Waals surface area contributed by atoms with E-state index in [4.69, 9.17) is 0 Å². The van der Waals surface area contributed by atoms with Gasteiger partial charge in [-0.3, -0.25) is 0 Å². The zero-order valence-corrected chi connectivity index (χ0v) is 15.5. The molecule has 0 amide bonds. The van der Waals surface area contributed by atoms with E-state index in [9.17, 15) is 4.39 Å². The van der Waals surface area contributed by atoms with Crippen molar-refractivity contribution in [3.63, 3.8) is 0 Å². The summed E-state index contributed by atoms with van der Waals surface area (Å²) >= 11 is 0. The molecule has 2 nitrogen and oxygen atoms in total. The Hall–Kier alpha value is -3.46. The molecular weight excluding hydrogens is 347 g/mol. The topological polar surface area (TPSA) is 17.8 Å². The second-order valence-corrected chi connectivity index (χ2v) is 6.71. The van der Waals surface area contributed by atoms with Gasteiger partial charge < -0.3 is 4.57 Å². The highest BCUT2D eigenvalue weighted by molar-refractivity contribution is 5.78. The number of rotatable bonds is 6. The van der Waals surface area contributed by atoms with Crippen LogP contribution in [0.5, 0.6) is 0 Å². The van der Waals surface area contributed by atoms with Gasteiger partial charge in [-0.05, 0) is 35.2 Å². The van der Waals surface area contributed by atoms with Gasteiger partial charge in [-0.1, -0.05) is 78.9 Å². The number of allylic oxidation sites excluding steroid dienone is 1. The van der Waals surface area contributed by atoms with Crippen molar-refractivity contribution in [2.45, 2.75) is 13.0 Å². The van der Waals surface area contributed by atoms with Gasteiger partial charge in [-0.25, -0.2) is 9.37 Å². The predicted molar refractivity (Wildman–Crippen MR) is 111 cm³/mol. The summed E-state index contributed by atoms with van der Waals surface area (Å²) in [6.07, 6.45) is 6.72. The van der Waals surface area contributed by atoms with Gasteiger partial charge in [-0.2, -0.15) is 0 Å². The molecule has 4 rings (SSSR count). The van der Waals surface area contributed by atoms with Crippen LogP contribution < -0.4 is 0 Å². The van der Waals surface area contributed by atoms with Crippen molar-refractivity contribution in [2.75, 3.05) is 0 Å². The number of benzene rings is 3. The van der Waals surface area contributed by atoms with Crippen LogP contribution in [0.25, 0.3) is 5.57 Å². The first-order valence-electron chi connectivity index (χ1n) is 9.34. The molecule has 0 N–H and O–H groups in total. The van der Waals surface area contributed by atoms with Crippen LogP contribution in [-0.2, 0) is 13.0 Å². The van der Waals surface area contributed by atoms with Gasteiger partial charge in [0.15, 0.2) is 0 Å². The maximum atomic E-state index is 13.5. The Morgan fingerprint density at radius 2 is 1.46 bits per heavy atom. The highest BCUT2D eigenvalue weighted by atomic mass is 19.1. The van der Waals surface area contributed by atoms with E-state index in [0.29, 0.717) is 0 Å². The van der Waals surface area contributed by atoms with E-state index in [2.05, 4.69) is 39.9 Å². The first-order valence-corrected chi connectivity index (χ1v) is 9.34. The monoisotopic (exact) mass is 368 g/mol. The van der Waals surface area contributed by atoms with Gasteiger partial charge in [0.1, 0.15) is 5.82 Å². The molecule has 0 unspecified atom stereocenters. The molecule has 0 atom stereocenters. The SMILES string of the molecule is Fc1ccc(/C(=C/Cc2ccccc2)c2cncn2Cc2ccccc2)cc1. The lowest BCUT2D eigenvalue weighted by atomic mass is 10.00. The highest BCUT2D eigenvalue weighted by Crippen LogP contribution is 2.25. The largest absolute Gasteiger partial charge is 0.326 e. The van der Waals surface area contributed by atoms with Crippen LogP contribution in [0.1, 0.15) is 22.4 Å². The summed E-state index contributed by atoms with van der Waals surface area (Å²) < 4.78 is 15.6. The second-order valence-electron chi connectivity index (χ2n) is 6.71. The summed E-state index contributed by atoms with van der Waals surface area (Å²) in [6, 6.07) is 27.3. The summed E-state index contributed by atoms with van der Waals surface area (Å²) in [4.78, 5) is 4.39. The second kappa shape index (κ2) is 8.49. The Labute approximate surface area is 164 Å². The summed E-state index contributed by atoms with van der Waals surface area (Å²) in [5, 5.41) is 0. The number of halogens is 1. The average molecular weight is 368 g/mol. The zero-order valence-electron chi connectivity index (χ0n) is 15.5. The molecule has 0 aliphatic rings. The van der Waals surface area contributed by atoms with Crippen molar-refractivity contribution in [1.82, 2.24) is 9.55 Å². The molecule has 0 saturated carbocycles. The van der Waals surface area contributed by atoms with Crippen molar-refractivity contribution < 1.29 is 4.39 Å². The smallest absolute Gasteiger partial charge is 0.123 e. The Kier molecular flexibility index (Phi) is 5.43. The summed E-state index contributed by atoms with van der Waals surface area (Å²) in [6.45, 7) is 0.736. The van der Waals surface area contributed by atoms with Crippen molar-refractivity contribution in [1.29, 1.82) is 0 Å². The van der Waals surface area contributed by atoms with Crippen molar-refractivity contribution >= 4 is 5.57 Å². The molecule has 0 aliphatic carbocycles. The molecule has 0 aliphatic heterocycles. The zero-order chi connectivity index (χ0) is 19.2. The lowest BCUT2D eigenvalue weighted by molar-refractivity contribution is 0.627. The maximum absolute atomic E-state index is 13.5. The molecule has 1 heterocycles. The lowest BCUT2D eigenvalue weighted by Crippen LogP contribution is -2.04. The van der Waals surface area contributed by atoms with E-state index in [1.165, 1.54) is 23.3 Å². The van der Waals surface area contributed by atoms with Gasteiger partial charge in [-0.15, -0.1) is 0 Å². The first kappa shape index (κ1) is 17.9. The molecular formula is C25H21FN2. The van der Waals surface area contributed by atoms with Crippen LogP contribution in [0.2, 0.25) is 0 Å². The van der Waals surface area contributed by atoms with Gasteiger partial charge in [0.05, 0.1) is 18.2 Å². The standard InChI is InChI=1S/C25H21FN2/c26-23-14-12-22(13-15-23)24(16-11-20-7-3-1-4-8-20)25-17-27-19-28(25)18-21-9-5-2-6-10-21/h1-10,12-17,19H,11,18H2/b24-16-. The molecule has 0 spiro atoms. The third-order valence-electron chi connectivity index (χ3n) is 4.72. The number of nitrogens with zero attached hydrogens (tertiary/aromatic N) is 2. The van der Waals surface area contributed by atoms with Crippen LogP contribution in [0.15, 0.2) is 104 Å². The Morgan fingerprint density at radius 3 is 2.14 bits per heavy atom. The van der Waals surface area contributed by atoms with E-state index in [1.807, 2.05) is 61.1 Å². The van der Waals surface area contributed by atoms with Crippen LogP contribution in [0, 0.1) is 5.82 Å². The van der Waals surface area contributed by atoms with E-state index in [0.717, 1.165) is 29.8 Å². The summed E-state index contributed by atoms with van der Waals surface area (Å²) in [5.74, 6) is -0.232. The van der Waals surface area contributed by atoms with Crippen molar-refractivity contribution in [3.05, 3.63) is 132 Å². The van der Waals surface area contributed by atoms with Crippen LogP contribution in [0.3, 0.4) is 0 Å². The molecule has 138 valence electrons. The fourth-order valence-corrected chi connectivity index (χ4v) is 3.28. The number of aromatic nitrogens is 2. The van der Waals surface area contributed by atoms with Crippen molar-refractivity contribution in [3.8, 4) is 0 Å². The van der Waals surface area contributed by atoms with Crippen LogP contribution >= 0.6 is 0 Å². The van der Waals surface area contributed by atoms with E-state index in [1.54, 1.807) is 0 Å². The molecule has 0 bridgehead atoms. The summed E-state index contributed by atoms with van der Waals surface area (Å²) in [7, 11) is 0. The van der Waals surface area contributed by atoms with Gasteiger partial charge >= 0.3 is 0 Å². The molecule has 3 aromatic carbocycles. The van der Waals surface area contributed by atoms with Crippen LogP contribution in [0.4, 0.5) is 4.39 Å². The Morgan fingerprint density at radius 1 is 0.821 bits per heavy atom. The molecule has 0 fully saturated rings. The Bertz CT molecular complexity index is 1050. The normalized spacial score (nSPS) is 11.5. The number of hydrogen-bond acceptors (Lipinski definition) is 1. The lowest BCUT2D eigenvalue weighted by Gasteiger charge is -2.13. The third kappa shape index (κ3) is 4.26. The predicted octanol–water partition coefficient (Wildman–Crippen LogP) is 5.74. The van der Waals surface area contributed by atoms with Gasteiger partial charge in [0, 0.05) is 12.1 Å². The number of imidazole rings is 1. The highest BCUT2D eigenvalue weighted by Gasteiger charge is 2.11. The third-order valence-corrected chi connectivity index (χ3v) is 4.72. The maximum Gasteiger partial charge on any atom is 0.123 e. The average Bonchev–Trinajstić information content (AvgIpc) is 3.19. The van der Waals surface area contributed by atoms with Crippen LogP contribution in [-0.4, -0.2) is 9.55 Å². The molecule has 0 radical (unpaired) electrons. The number of hydrogen-bond donors (Lipinski definition) is 0. The van der Waals surface area contributed by atoms with Gasteiger partial charge in [0.25, 0.3) is 0 Å². The molecule has 1 aromatic heterocycles. The van der Waals surface area contributed by atoms with E-state index in [-0.39, 0.29) is 5.82 Å². The minimum absolute atomic E-state index is 0.232.